The summed E-state index contributed by atoms with van der Waals surface area (Å²) in [7, 11) is 0. The van der Waals surface area contributed by atoms with Gasteiger partial charge in [-0.3, -0.25) is 4.79 Å². The number of carbonyl (C=O) groups is 2. The van der Waals surface area contributed by atoms with E-state index < -0.39 is 5.97 Å². The summed E-state index contributed by atoms with van der Waals surface area (Å²) < 4.78 is 18.1. The summed E-state index contributed by atoms with van der Waals surface area (Å²) in [6.45, 7) is 2.05. The summed E-state index contributed by atoms with van der Waals surface area (Å²) in [5, 5.41) is 0.682. The minimum atomic E-state index is -0.646. The van der Waals surface area contributed by atoms with Gasteiger partial charge >= 0.3 is 5.97 Å². The fourth-order valence-corrected chi connectivity index (χ4v) is 3.21. The van der Waals surface area contributed by atoms with Gasteiger partial charge in [-0.15, -0.1) is 0 Å². The zero-order valence-electron chi connectivity index (χ0n) is 15.2. The van der Waals surface area contributed by atoms with Crippen LogP contribution in [-0.4, -0.2) is 49.6 Å². The average molecular weight is 403 g/mol. The summed E-state index contributed by atoms with van der Waals surface area (Å²) in [5.74, 6) is -1.28. The van der Waals surface area contributed by atoms with E-state index in [0.717, 1.165) is 5.69 Å². The first-order valence-electron chi connectivity index (χ1n) is 8.90. The van der Waals surface area contributed by atoms with Crippen molar-refractivity contribution in [2.45, 2.75) is 0 Å². The summed E-state index contributed by atoms with van der Waals surface area (Å²) in [4.78, 5) is 27.8. The lowest BCUT2D eigenvalue weighted by molar-refractivity contribution is -0.148. The molecule has 0 N–H and O–H groups in total. The minimum absolute atomic E-state index is 0.244. The van der Waals surface area contributed by atoms with E-state index in [2.05, 4.69) is 4.90 Å². The van der Waals surface area contributed by atoms with Crippen LogP contribution in [0.25, 0.3) is 6.08 Å². The van der Waals surface area contributed by atoms with Crippen LogP contribution in [0.3, 0.4) is 0 Å². The SMILES string of the molecule is O=C(/C=C/c1cccc(F)c1)OCC(=O)N1CCN(c2ccccc2Cl)CC1. The fraction of sp³-hybridized carbons (Fsp3) is 0.238. The third-order valence-electron chi connectivity index (χ3n) is 4.42. The Bertz CT molecular complexity index is 879. The van der Waals surface area contributed by atoms with Crippen molar-refractivity contribution in [1.82, 2.24) is 4.90 Å². The normalized spacial score (nSPS) is 14.4. The fourth-order valence-electron chi connectivity index (χ4n) is 2.95. The monoisotopic (exact) mass is 402 g/mol. The first-order valence-corrected chi connectivity index (χ1v) is 9.28. The molecular weight excluding hydrogens is 383 g/mol. The Balaban J connectivity index is 1.44. The Hall–Kier alpha value is -2.86. The predicted octanol–water partition coefficient (Wildman–Crippen LogP) is 3.38. The number of carbonyl (C=O) groups excluding carboxylic acids is 2. The van der Waals surface area contributed by atoms with Crippen LogP contribution in [0.4, 0.5) is 10.1 Å². The van der Waals surface area contributed by atoms with Crippen LogP contribution in [0.2, 0.25) is 5.02 Å². The number of hydrogen-bond acceptors (Lipinski definition) is 4. The van der Waals surface area contributed by atoms with Crippen LogP contribution < -0.4 is 4.90 Å². The number of amides is 1. The van der Waals surface area contributed by atoms with E-state index in [-0.39, 0.29) is 18.3 Å². The Morgan fingerprint density at radius 1 is 1.07 bits per heavy atom. The first-order chi connectivity index (χ1) is 13.5. The van der Waals surface area contributed by atoms with Crippen molar-refractivity contribution in [2.24, 2.45) is 0 Å². The molecule has 0 aliphatic carbocycles. The van der Waals surface area contributed by atoms with Gasteiger partial charge in [0.15, 0.2) is 6.61 Å². The van der Waals surface area contributed by atoms with Gasteiger partial charge in [-0.05, 0) is 35.9 Å². The highest BCUT2D eigenvalue weighted by atomic mass is 35.5. The zero-order valence-corrected chi connectivity index (χ0v) is 15.9. The van der Waals surface area contributed by atoms with Crippen molar-refractivity contribution in [1.29, 1.82) is 0 Å². The van der Waals surface area contributed by atoms with Gasteiger partial charge in [0, 0.05) is 32.3 Å². The molecule has 1 aliphatic rings. The highest BCUT2D eigenvalue weighted by Crippen LogP contribution is 2.26. The molecule has 1 heterocycles. The number of nitrogens with zero attached hydrogens (tertiary/aromatic N) is 2. The third-order valence-corrected chi connectivity index (χ3v) is 4.74. The summed E-state index contributed by atoms with van der Waals surface area (Å²) in [5.41, 5.74) is 1.49. The topological polar surface area (TPSA) is 49.9 Å². The molecule has 0 spiro atoms. The molecule has 0 unspecified atom stereocenters. The van der Waals surface area contributed by atoms with Gasteiger partial charge in [0.05, 0.1) is 10.7 Å². The minimum Gasteiger partial charge on any atom is -0.452 e. The smallest absolute Gasteiger partial charge is 0.331 e. The number of esters is 1. The second-order valence-corrected chi connectivity index (χ2v) is 6.72. The van der Waals surface area contributed by atoms with Gasteiger partial charge < -0.3 is 14.5 Å². The average Bonchev–Trinajstić information content (AvgIpc) is 2.71. The second-order valence-electron chi connectivity index (χ2n) is 6.32. The predicted molar refractivity (Wildman–Crippen MR) is 107 cm³/mol. The van der Waals surface area contributed by atoms with E-state index in [4.69, 9.17) is 16.3 Å². The van der Waals surface area contributed by atoms with Gasteiger partial charge in [0.25, 0.3) is 5.91 Å². The number of benzene rings is 2. The quantitative estimate of drug-likeness (QED) is 0.568. The summed E-state index contributed by atoms with van der Waals surface area (Å²) in [6, 6.07) is 13.4. The van der Waals surface area contributed by atoms with E-state index >= 15 is 0 Å². The maximum atomic E-state index is 13.1. The van der Waals surface area contributed by atoms with Gasteiger partial charge in [-0.1, -0.05) is 35.9 Å². The van der Waals surface area contributed by atoms with Crippen LogP contribution in [0, 0.1) is 5.82 Å². The molecule has 146 valence electrons. The van der Waals surface area contributed by atoms with Gasteiger partial charge in [0.1, 0.15) is 5.82 Å². The molecule has 0 bridgehead atoms. The van der Waals surface area contributed by atoms with Crippen LogP contribution in [0.5, 0.6) is 0 Å². The number of ether oxygens (including phenoxy) is 1. The van der Waals surface area contributed by atoms with Crippen LogP contribution in [0.15, 0.2) is 54.6 Å². The molecule has 7 heteroatoms. The largest absolute Gasteiger partial charge is 0.452 e. The summed E-state index contributed by atoms with van der Waals surface area (Å²) >= 11 is 6.22. The standard InChI is InChI=1S/C21H20ClFN2O3/c22-18-6-1-2-7-19(18)24-10-12-25(13-11-24)20(26)15-28-21(27)9-8-16-4-3-5-17(23)14-16/h1-9,14H,10-13,15H2/b9-8+. The molecule has 2 aromatic carbocycles. The highest BCUT2D eigenvalue weighted by molar-refractivity contribution is 6.33. The van der Waals surface area contributed by atoms with E-state index in [1.807, 2.05) is 24.3 Å². The van der Waals surface area contributed by atoms with Crippen LogP contribution in [-0.2, 0) is 14.3 Å². The highest BCUT2D eigenvalue weighted by Gasteiger charge is 2.22. The molecule has 0 atom stereocenters. The van der Waals surface area contributed by atoms with E-state index in [1.165, 1.54) is 24.3 Å². The van der Waals surface area contributed by atoms with Crippen LogP contribution >= 0.6 is 11.6 Å². The molecule has 5 nitrogen and oxygen atoms in total. The lowest BCUT2D eigenvalue weighted by atomic mass is 10.2. The van der Waals surface area contributed by atoms with Crippen molar-refractivity contribution >= 4 is 35.2 Å². The van der Waals surface area contributed by atoms with Crippen molar-refractivity contribution in [2.75, 3.05) is 37.7 Å². The number of para-hydroxylation sites is 1. The molecule has 1 aliphatic heterocycles. The number of anilines is 1. The maximum Gasteiger partial charge on any atom is 0.331 e. The molecule has 1 saturated heterocycles. The second kappa shape index (κ2) is 9.37. The maximum absolute atomic E-state index is 13.1. The van der Waals surface area contributed by atoms with E-state index in [9.17, 15) is 14.0 Å². The molecule has 0 aromatic heterocycles. The Kier molecular flexibility index (Phi) is 6.66. The first kappa shape index (κ1) is 19.9. The lowest BCUT2D eigenvalue weighted by Gasteiger charge is -2.36. The van der Waals surface area contributed by atoms with Crippen molar-refractivity contribution in [3.63, 3.8) is 0 Å². The van der Waals surface area contributed by atoms with E-state index in [1.54, 1.807) is 17.0 Å². The van der Waals surface area contributed by atoms with Crippen LogP contribution in [0.1, 0.15) is 5.56 Å². The molecule has 1 fully saturated rings. The van der Waals surface area contributed by atoms with Crippen molar-refractivity contribution in [3.05, 3.63) is 71.0 Å². The molecule has 0 radical (unpaired) electrons. The lowest BCUT2D eigenvalue weighted by Crippen LogP contribution is -2.50. The Morgan fingerprint density at radius 2 is 1.82 bits per heavy atom. The third kappa shape index (κ3) is 5.33. The molecule has 1 amide bonds. The van der Waals surface area contributed by atoms with Crippen molar-refractivity contribution < 1.29 is 18.7 Å². The zero-order chi connectivity index (χ0) is 19.9. The number of piperazine rings is 1. The Morgan fingerprint density at radius 3 is 2.54 bits per heavy atom. The summed E-state index contributed by atoms with van der Waals surface area (Å²) in [6.07, 6.45) is 2.62. The van der Waals surface area contributed by atoms with Gasteiger partial charge in [-0.2, -0.15) is 0 Å². The van der Waals surface area contributed by atoms with Crippen molar-refractivity contribution in [3.8, 4) is 0 Å². The van der Waals surface area contributed by atoms with Gasteiger partial charge in [-0.25, -0.2) is 9.18 Å². The molecule has 2 aromatic rings. The van der Waals surface area contributed by atoms with Gasteiger partial charge in [0.2, 0.25) is 0 Å². The number of halogens is 2. The molecule has 0 saturated carbocycles. The van der Waals surface area contributed by atoms with E-state index in [0.29, 0.717) is 36.8 Å². The molecule has 3 rings (SSSR count). The molecular formula is C21H20ClFN2O3. The Labute approximate surface area is 168 Å². The number of hydrogen-bond donors (Lipinski definition) is 0. The molecule has 28 heavy (non-hydrogen) atoms. The number of rotatable bonds is 5.